The molecule has 0 spiro atoms. The molecule has 0 aromatic heterocycles. The minimum Gasteiger partial charge on any atom is -0.393 e. The van der Waals surface area contributed by atoms with Crippen molar-refractivity contribution in [1.82, 2.24) is 5.06 Å². The molecule has 0 aliphatic rings. The van der Waals surface area contributed by atoms with Crippen molar-refractivity contribution < 1.29 is 22.4 Å². The Morgan fingerprint density at radius 1 is 1.04 bits per heavy atom. The summed E-state index contributed by atoms with van der Waals surface area (Å²) in [5, 5.41) is 1.32. The van der Waals surface area contributed by atoms with Crippen LogP contribution in [0.2, 0.25) is 19.6 Å². The lowest BCUT2D eigenvalue weighted by Gasteiger charge is -2.45. The van der Waals surface area contributed by atoms with Gasteiger partial charge in [0.05, 0.1) is 12.7 Å². The zero-order valence-corrected chi connectivity index (χ0v) is 16.1. The van der Waals surface area contributed by atoms with E-state index in [0.717, 1.165) is 12.1 Å². The zero-order chi connectivity index (χ0) is 18.1. The van der Waals surface area contributed by atoms with E-state index in [0.29, 0.717) is 5.56 Å². The SMILES string of the molecule is CON(C)C(O[Si](C)(C)C)(c1ccc(C(F)(F)F)cc1)C(Cl)Cl. The van der Waals surface area contributed by atoms with Gasteiger partial charge in [0.15, 0.2) is 18.9 Å². The Morgan fingerprint density at radius 3 is 1.78 bits per heavy atom. The number of rotatable bonds is 6. The highest BCUT2D eigenvalue weighted by atomic mass is 35.5. The summed E-state index contributed by atoms with van der Waals surface area (Å²) in [6.07, 6.45) is -4.42. The molecular formula is C14H20Cl2F3NO2Si. The molecule has 0 aliphatic carbocycles. The first-order chi connectivity index (χ1) is 10.3. The van der Waals surface area contributed by atoms with Gasteiger partial charge in [0.2, 0.25) is 0 Å². The van der Waals surface area contributed by atoms with Crippen LogP contribution in [0.4, 0.5) is 13.2 Å². The molecule has 0 bridgehead atoms. The van der Waals surface area contributed by atoms with Crippen LogP contribution in [-0.4, -0.2) is 32.4 Å². The molecule has 0 saturated heterocycles. The van der Waals surface area contributed by atoms with Crippen LogP contribution in [0, 0.1) is 0 Å². The lowest BCUT2D eigenvalue weighted by atomic mass is 10.0. The average Bonchev–Trinajstić information content (AvgIpc) is 2.41. The zero-order valence-electron chi connectivity index (χ0n) is 13.5. The van der Waals surface area contributed by atoms with Crippen molar-refractivity contribution in [3.8, 4) is 0 Å². The molecule has 3 nitrogen and oxygen atoms in total. The number of alkyl halides is 5. The lowest BCUT2D eigenvalue weighted by Crippen LogP contribution is -2.55. The highest BCUT2D eigenvalue weighted by molar-refractivity contribution is 6.70. The third kappa shape index (κ3) is 4.84. The molecule has 0 saturated carbocycles. The molecule has 0 heterocycles. The van der Waals surface area contributed by atoms with Crippen molar-refractivity contribution >= 4 is 31.5 Å². The highest BCUT2D eigenvalue weighted by Crippen LogP contribution is 2.41. The molecule has 1 unspecified atom stereocenters. The summed E-state index contributed by atoms with van der Waals surface area (Å²) in [4.78, 5) is 4.13. The molecule has 1 aromatic carbocycles. The predicted molar refractivity (Wildman–Crippen MR) is 87.8 cm³/mol. The second-order valence-electron chi connectivity index (χ2n) is 5.97. The van der Waals surface area contributed by atoms with E-state index in [1.54, 1.807) is 7.05 Å². The van der Waals surface area contributed by atoms with Gasteiger partial charge in [-0.2, -0.15) is 18.2 Å². The molecule has 0 N–H and O–H groups in total. The first-order valence-corrected chi connectivity index (χ1v) is 11.1. The quantitative estimate of drug-likeness (QED) is 0.295. The average molecular weight is 390 g/mol. The molecule has 0 fully saturated rings. The Morgan fingerprint density at radius 2 is 1.48 bits per heavy atom. The van der Waals surface area contributed by atoms with Crippen LogP contribution < -0.4 is 0 Å². The number of hydrogen-bond acceptors (Lipinski definition) is 3. The fourth-order valence-corrected chi connectivity index (χ4v) is 4.18. The van der Waals surface area contributed by atoms with Crippen molar-refractivity contribution in [2.75, 3.05) is 14.2 Å². The number of hydrogen-bond donors (Lipinski definition) is 0. The molecule has 0 aliphatic heterocycles. The predicted octanol–water partition coefficient (Wildman–Crippen LogP) is 5.01. The van der Waals surface area contributed by atoms with Crippen LogP contribution >= 0.6 is 23.2 Å². The van der Waals surface area contributed by atoms with Crippen LogP contribution in [0.3, 0.4) is 0 Å². The van der Waals surface area contributed by atoms with Gasteiger partial charge in [-0.1, -0.05) is 12.1 Å². The van der Waals surface area contributed by atoms with Gasteiger partial charge in [-0.05, 0) is 31.8 Å². The fraction of sp³-hybridized carbons (Fsp3) is 0.571. The summed E-state index contributed by atoms with van der Waals surface area (Å²) in [5.41, 5.74) is -1.79. The normalized spacial score (nSPS) is 16.0. The maximum Gasteiger partial charge on any atom is 0.416 e. The Labute approximate surface area is 145 Å². The Kier molecular flexibility index (Phi) is 6.57. The fourth-order valence-electron chi connectivity index (χ4n) is 2.11. The van der Waals surface area contributed by atoms with Crippen LogP contribution in [0.25, 0.3) is 0 Å². The third-order valence-electron chi connectivity index (χ3n) is 3.13. The van der Waals surface area contributed by atoms with Crippen molar-refractivity contribution in [1.29, 1.82) is 0 Å². The number of nitrogens with zero attached hydrogens (tertiary/aromatic N) is 1. The summed E-state index contributed by atoms with van der Waals surface area (Å²) < 4.78 is 44.4. The largest absolute Gasteiger partial charge is 0.416 e. The Balaban J connectivity index is 3.44. The van der Waals surface area contributed by atoms with Gasteiger partial charge in [0.1, 0.15) is 0 Å². The minimum absolute atomic E-state index is 0.382. The first kappa shape index (κ1) is 20.7. The van der Waals surface area contributed by atoms with E-state index in [1.807, 2.05) is 19.6 Å². The minimum atomic E-state index is -4.42. The topological polar surface area (TPSA) is 21.7 Å². The molecule has 1 atom stereocenters. The van der Waals surface area contributed by atoms with Crippen LogP contribution in [0.5, 0.6) is 0 Å². The Bertz CT molecular complexity index is 520. The molecule has 1 rings (SSSR count). The molecular weight excluding hydrogens is 370 g/mol. The van der Waals surface area contributed by atoms with Crippen LogP contribution in [0.15, 0.2) is 24.3 Å². The molecule has 9 heteroatoms. The van der Waals surface area contributed by atoms with E-state index in [2.05, 4.69) is 0 Å². The molecule has 0 amide bonds. The van der Waals surface area contributed by atoms with Crippen LogP contribution in [0.1, 0.15) is 11.1 Å². The third-order valence-corrected chi connectivity index (χ3v) is 4.64. The molecule has 0 radical (unpaired) electrons. The van der Waals surface area contributed by atoms with Gasteiger partial charge in [-0.15, -0.1) is 23.2 Å². The summed E-state index contributed by atoms with van der Waals surface area (Å²) >= 11 is 12.3. The number of benzene rings is 1. The summed E-state index contributed by atoms with van der Waals surface area (Å²) in [5.74, 6) is 0. The van der Waals surface area contributed by atoms with Gasteiger partial charge in [-0.3, -0.25) is 4.84 Å². The first-order valence-electron chi connectivity index (χ1n) is 6.78. The van der Waals surface area contributed by atoms with Gasteiger partial charge < -0.3 is 4.43 Å². The number of hydroxylamine groups is 2. The second kappa shape index (κ2) is 7.29. The standard InChI is InChI=1S/C14H20Cl2F3NO2Si/c1-20(21-2)13(12(15)16,22-23(3,4)5)10-6-8-11(9-7-10)14(17,18)19/h6-9,12H,1-5H3. The van der Waals surface area contributed by atoms with E-state index in [4.69, 9.17) is 32.5 Å². The summed E-state index contributed by atoms with van der Waals surface area (Å²) in [6, 6.07) is 4.54. The van der Waals surface area contributed by atoms with Gasteiger partial charge in [0, 0.05) is 12.6 Å². The van der Waals surface area contributed by atoms with E-state index in [-0.39, 0.29) is 0 Å². The van der Waals surface area contributed by atoms with E-state index < -0.39 is 30.6 Å². The second-order valence-corrected chi connectivity index (χ2v) is 11.5. The summed E-state index contributed by atoms with van der Waals surface area (Å²) in [6.45, 7) is 5.77. The van der Waals surface area contributed by atoms with Crippen molar-refractivity contribution in [2.24, 2.45) is 0 Å². The monoisotopic (exact) mass is 389 g/mol. The van der Waals surface area contributed by atoms with E-state index in [9.17, 15) is 13.2 Å². The van der Waals surface area contributed by atoms with Crippen LogP contribution in [-0.2, 0) is 21.2 Å². The molecule has 23 heavy (non-hydrogen) atoms. The van der Waals surface area contributed by atoms with Crippen molar-refractivity contribution in [3.63, 3.8) is 0 Å². The van der Waals surface area contributed by atoms with Crippen molar-refractivity contribution in [2.45, 2.75) is 36.4 Å². The highest BCUT2D eigenvalue weighted by Gasteiger charge is 2.48. The smallest absolute Gasteiger partial charge is 0.393 e. The van der Waals surface area contributed by atoms with E-state index >= 15 is 0 Å². The Hall–Kier alpha value is -0.313. The number of halogens is 5. The maximum atomic E-state index is 12.8. The van der Waals surface area contributed by atoms with Gasteiger partial charge in [0.25, 0.3) is 0 Å². The van der Waals surface area contributed by atoms with Gasteiger partial charge in [-0.25, -0.2) is 0 Å². The molecule has 1 aromatic rings. The maximum absolute atomic E-state index is 12.8. The molecule has 132 valence electrons. The lowest BCUT2D eigenvalue weighted by molar-refractivity contribution is -0.257. The summed E-state index contributed by atoms with van der Waals surface area (Å²) in [7, 11) is 0.790. The van der Waals surface area contributed by atoms with E-state index in [1.165, 1.54) is 24.3 Å². The van der Waals surface area contributed by atoms with Crippen molar-refractivity contribution in [3.05, 3.63) is 35.4 Å². The van der Waals surface area contributed by atoms with Gasteiger partial charge >= 0.3 is 6.18 Å².